The molecular weight excluding hydrogens is 366 g/mol. The van der Waals surface area contributed by atoms with Gasteiger partial charge in [-0.25, -0.2) is 0 Å². The van der Waals surface area contributed by atoms with Crippen LogP contribution in [0.1, 0.15) is 52.0 Å². The normalized spacial score (nSPS) is 16.9. The Morgan fingerprint density at radius 2 is 1.89 bits per heavy atom. The van der Waals surface area contributed by atoms with Crippen molar-refractivity contribution in [1.29, 1.82) is 0 Å². The van der Waals surface area contributed by atoms with E-state index in [1.807, 2.05) is 36.9 Å². The van der Waals surface area contributed by atoms with Crippen LogP contribution in [0.5, 0.6) is 0 Å². The number of nitrogens with zero attached hydrogens (tertiary/aromatic N) is 3. The summed E-state index contributed by atoms with van der Waals surface area (Å²) in [7, 11) is 0. The largest absolute Gasteiger partial charge is 0.361 e. The fourth-order valence-corrected chi connectivity index (χ4v) is 4.11. The van der Waals surface area contributed by atoms with Crippen LogP contribution in [0, 0.1) is 20.8 Å². The van der Waals surface area contributed by atoms with Gasteiger partial charge in [-0.3, -0.25) is 4.79 Å². The van der Waals surface area contributed by atoms with Crippen LogP contribution in [0.4, 0.5) is 0 Å². The van der Waals surface area contributed by atoms with Crippen LogP contribution in [0.3, 0.4) is 0 Å². The Labute approximate surface area is 162 Å². The van der Waals surface area contributed by atoms with E-state index in [2.05, 4.69) is 10.3 Å². The summed E-state index contributed by atoms with van der Waals surface area (Å²) in [4.78, 5) is 15.4. The minimum absolute atomic E-state index is 0.0582. The number of hydrogen-bond acceptors (Lipinski definition) is 5. The Morgan fingerprint density at radius 1 is 1.15 bits per heavy atom. The molecule has 1 saturated heterocycles. The van der Waals surface area contributed by atoms with Gasteiger partial charge in [0.15, 0.2) is 0 Å². The van der Waals surface area contributed by atoms with E-state index in [1.165, 1.54) is 0 Å². The second kappa shape index (κ2) is 6.85. The summed E-state index contributed by atoms with van der Waals surface area (Å²) in [5, 5.41) is 8.71. The molecule has 0 bridgehead atoms. The van der Waals surface area contributed by atoms with Crippen molar-refractivity contribution in [3.8, 4) is 11.3 Å². The molecule has 0 aliphatic carbocycles. The number of aryl methyl sites for hydroxylation is 3. The van der Waals surface area contributed by atoms with Crippen LogP contribution in [-0.4, -0.2) is 27.7 Å². The van der Waals surface area contributed by atoms with E-state index in [9.17, 15) is 4.79 Å². The molecule has 0 radical (unpaired) electrons. The summed E-state index contributed by atoms with van der Waals surface area (Å²) in [6.07, 6.45) is 1.80. The highest BCUT2D eigenvalue weighted by Gasteiger charge is 2.37. The van der Waals surface area contributed by atoms with Crippen LogP contribution in [0.15, 0.2) is 33.3 Å². The maximum absolute atomic E-state index is 13.5. The van der Waals surface area contributed by atoms with E-state index in [0.717, 1.165) is 29.9 Å². The molecule has 1 aliphatic rings. The Kier molecular flexibility index (Phi) is 4.52. The highest BCUT2D eigenvalue weighted by atomic mass is 35.5. The van der Waals surface area contributed by atoms with E-state index in [-0.39, 0.29) is 11.9 Å². The number of likely N-dealkylation sites (tertiary alicyclic amines) is 1. The molecule has 1 aromatic carbocycles. The number of hydrogen-bond donors (Lipinski definition) is 0. The second-order valence-electron chi connectivity index (χ2n) is 6.84. The zero-order chi connectivity index (χ0) is 19.1. The minimum Gasteiger partial charge on any atom is -0.361 e. The molecule has 1 atom stereocenters. The van der Waals surface area contributed by atoms with Crippen molar-refractivity contribution in [2.24, 2.45) is 0 Å². The molecular formula is C20H20ClN3O3. The topological polar surface area (TPSA) is 72.4 Å². The monoisotopic (exact) mass is 385 g/mol. The lowest BCUT2D eigenvalue weighted by Gasteiger charge is -2.25. The second-order valence-corrected chi connectivity index (χ2v) is 7.24. The Balaban J connectivity index is 1.76. The third-order valence-corrected chi connectivity index (χ3v) is 5.47. The summed E-state index contributed by atoms with van der Waals surface area (Å²) < 4.78 is 10.7. The van der Waals surface area contributed by atoms with E-state index in [1.54, 1.807) is 13.0 Å². The van der Waals surface area contributed by atoms with Gasteiger partial charge in [0.25, 0.3) is 5.91 Å². The molecule has 0 spiro atoms. The lowest BCUT2D eigenvalue weighted by atomic mass is 10.0. The van der Waals surface area contributed by atoms with Gasteiger partial charge in [0.2, 0.25) is 0 Å². The first-order valence-corrected chi connectivity index (χ1v) is 9.31. The van der Waals surface area contributed by atoms with Crippen molar-refractivity contribution in [1.82, 2.24) is 15.2 Å². The van der Waals surface area contributed by atoms with Gasteiger partial charge >= 0.3 is 0 Å². The van der Waals surface area contributed by atoms with Gasteiger partial charge in [-0.1, -0.05) is 40.1 Å². The molecule has 4 rings (SSSR count). The van der Waals surface area contributed by atoms with Gasteiger partial charge in [-0.05, 0) is 39.7 Å². The van der Waals surface area contributed by atoms with Gasteiger partial charge in [0.1, 0.15) is 22.8 Å². The number of carbonyl (C=O) groups is 1. The molecule has 1 fully saturated rings. The molecule has 7 heteroatoms. The minimum atomic E-state index is -0.105. The first-order valence-electron chi connectivity index (χ1n) is 8.94. The van der Waals surface area contributed by atoms with E-state index >= 15 is 0 Å². The molecule has 0 saturated carbocycles. The Morgan fingerprint density at radius 3 is 2.59 bits per heavy atom. The lowest BCUT2D eigenvalue weighted by molar-refractivity contribution is 0.0733. The zero-order valence-electron chi connectivity index (χ0n) is 15.5. The molecule has 2 aromatic heterocycles. The fourth-order valence-electron chi connectivity index (χ4n) is 3.88. The highest BCUT2D eigenvalue weighted by Crippen LogP contribution is 2.39. The maximum atomic E-state index is 13.5. The predicted octanol–water partition coefficient (Wildman–Crippen LogP) is 4.89. The summed E-state index contributed by atoms with van der Waals surface area (Å²) in [5.74, 6) is 1.14. The average Bonchev–Trinajstić information content (AvgIpc) is 3.34. The van der Waals surface area contributed by atoms with Crippen molar-refractivity contribution >= 4 is 17.5 Å². The summed E-state index contributed by atoms with van der Waals surface area (Å²) in [6, 6.07) is 7.26. The number of amides is 1. The number of carbonyl (C=O) groups excluding carboxylic acids is 1. The van der Waals surface area contributed by atoms with Crippen molar-refractivity contribution in [2.45, 2.75) is 39.7 Å². The van der Waals surface area contributed by atoms with Crippen LogP contribution >= 0.6 is 11.6 Å². The third kappa shape index (κ3) is 2.94. The number of rotatable bonds is 3. The summed E-state index contributed by atoms with van der Waals surface area (Å²) >= 11 is 6.33. The van der Waals surface area contributed by atoms with Crippen molar-refractivity contribution < 1.29 is 13.8 Å². The Bertz CT molecular complexity index is 988. The summed E-state index contributed by atoms with van der Waals surface area (Å²) in [5.41, 5.74) is 3.45. The van der Waals surface area contributed by atoms with Gasteiger partial charge in [0.05, 0.1) is 16.8 Å². The zero-order valence-corrected chi connectivity index (χ0v) is 16.2. The van der Waals surface area contributed by atoms with Crippen molar-refractivity contribution in [3.63, 3.8) is 0 Å². The van der Waals surface area contributed by atoms with Crippen LogP contribution in [0.2, 0.25) is 5.02 Å². The lowest BCUT2D eigenvalue weighted by Crippen LogP contribution is -2.31. The van der Waals surface area contributed by atoms with Gasteiger partial charge in [-0.15, -0.1) is 0 Å². The average molecular weight is 386 g/mol. The highest BCUT2D eigenvalue weighted by molar-refractivity contribution is 6.33. The first kappa shape index (κ1) is 17.8. The SMILES string of the molecule is Cc1noc(C)c1C1CCCN1C(=O)c1c(-c2ccccc2Cl)noc1C. The molecule has 1 aliphatic heterocycles. The van der Waals surface area contributed by atoms with Crippen LogP contribution < -0.4 is 0 Å². The van der Waals surface area contributed by atoms with Gasteiger partial charge in [0, 0.05) is 17.7 Å². The maximum Gasteiger partial charge on any atom is 0.260 e. The Hall–Kier alpha value is -2.60. The molecule has 1 amide bonds. The molecule has 0 N–H and O–H groups in total. The number of aromatic nitrogens is 2. The molecule has 3 aromatic rings. The van der Waals surface area contributed by atoms with Crippen molar-refractivity contribution in [3.05, 3.63) is 57.6 Å². The van der Waals surface area contributed by atoms with E-state index in [0.29, 0.717) is 34.1 Å². The molecule has 27 heavy (non-hydrogen) atoms. The van der Waals surface area contributed by atoms with Crippen LogP contribution in [0.25, 0.3) is 11.3 Å². The fraction of sp³-hybridized carbons (Fsp3) is 0.350. The van der Waals surface area contributed by atoms with E-state index in [4.69, 9.17) is 20.6 Å². The van der Waals surface area contributed by atoms with E-state index < -0.39 is 0 Å². The standard InChI is InChI=1S/C20H20ClN3O3/c1-11-17(12(2)26-22-11)16-9-6-10-24(16)20(25)18-13(3)27-23-19(18)14-7-4-5-8-15(14)21/h4-5,7-8,16H,6,9-10H2,1-3H3. The van der Waals surface area contributed by atoms with Crippen molar-refractivity contribution in [2.75, 3.05) is 6.54 Å². The van der Waals surface area contributed by atoms with Crippen LogP contribution in [-0.2, 0) is 0 Å². The van der Waals surface area contributed by atoms with Gasteiger partial charge < -0.3 is 13.9 Å². The first-order chi connectivity index (χ1) is 13.0. The number of halogens is 1. The number of benzene rings is 1. The van der Waals surface area contributed by atoms with Gasteiger partial charge in [-0.2, -0.15) is 0 Å². The molecule has 140 valence electrons. The smallest absolute Gasteiger partial charge is 0.260 e. The molecule has 3 heterocycles. The predicted molar refractivity (Wildman–Crippen MR) is 101 cm³/mol. The molecule has 1 unspecified atom stereocenters. The molecule has 6 nitrogen and oxygen atoms in total. The quantitative estimate of drug-likeness (QED) is 0.642. The third-order valence-electron chi connectivity index (χ3n) is 5.14. The summed E-state index contributed by atoms with van der Waals surface area (Å²) in [6.45, 7) is 6.21.